The van der Waals surface area contributed by atoms with Gasteiger partial charge in [-0.2, -0.15) is 0 Å². The van der Waals surface area contributed by atoms with Crippen molar-refractivity contribution in [1.82, 2.24) is 5.32 Å². The zero-order chi connectivity index (χ0) is 14.3. The molecule has 0 heterocycles. The predicted octanol–water partition coefficient (Wildman–Crippen LogP) is 4.57. The second kappa shape index (κ2) is 8.16. The third kappa shape index (κ3) is 5.60. The van der Waals surface area contributed by atoms with E-state index < -0.39 is 5.82 Å². The number of carbonyl (C=O) groups is 1. The van der Waals surface area contributed by atoms with E-state index in [4.69, 9.17) is 11.6 Å². The molecule has 0 aliphatic carbocycles. The first-order valence-corrected chi connectivity index (χ1v) is 7.18. The smallest absolute Gasteiger partial charge is 0.253 e. The lowest BCUT2D eigenvalue weighted by molar-refractivity contribution is 0.0938. The minimum Gasteiger partial charge on any atom is -0.350 e. The number of hydrogen-bond acceptors (Lipinski definition) is 1. The van der Waals surface area contributed by atoms with Gasteiger partial charge in [-0.3, -0.25) is 4.79 Å². The van der Waals surface area contributed by atoms with Crippen LogP contribution in [0.1, 0.15) is 56.3 Å². The lowest BCUT2D eigenvalue weighted by atomic mass is 10.1. The standard InChI is InChI=1S/C15H21ClFNO/c1-3-4-5-6-7-11(2)18-15(19)13-9-8-12(17)10-14(13)16/h8-11H,3-7H2,1-2H3,(H,18,19). The summed E-state index contributed by atoms with van der Waals surface area (Å²) in [4.78, 5) is 12.0. The van der Waals surface area contributed by atoms with Crippen LogP contribution in [-0.4, -0.2) is 11.9 Å². The molecular weight excluding hydrogens is 265 g/mol. The molecule has 0 bridgehead atoms. The summed E-state index contributed by atoms with van der Waals surface area (Å²) in [5.41, 5.74) is 0.323. The number of nitrogens with one attached hydrogen (secondary N) is 1. The molecule has 2 nitrogen and oxygen atoms in total. The molecule has 0 fully saturated rings. The van der Waals surface area contributed by atoms with Crippen LogP contribution in [0, 0.1) is 5.82 Å². The summed E-state index contributed by atoms with van der Waals surface area (Å²) >= 11 is 5.85. The van der Waals surface area contributed by atoms with Gasteiger partial charge in [-0.15, -0.1) is 0 Å². The first-order valence-electron chi connectivity index (χ1n) is 6.80. The van der Waals surface area contributed by atoms with Crippen molar-refractivity contribution in [3.63, 3.8) is 0 Å². The van der Waals surface area contributed by atoms with E-state index in [9.17, 15) is 9.18 Å². The van der Waals surface area contributed by atoms with E-state index in [1.807, 2.05) is 6.92 Å². The summed E-state index contributed by atoms with van der Waals surface area (Å²) in [6.07, 6.45) is 5.67. The maximum Gasteiger partial charge on any atom is 0.253 e. The first kappa shape index (κ1) is 16.0. The van der Waals surface area contributed by atoms with Crippen molar-refractivity contribution >= 4 is 17.5 Å². The van der Waals surface area contributed by atoms with E-state index >= 15 is 0 Å². The second-order valence-electron chi connectivity index (χ2n) is 4.85. The van der Waals surface area contributed by atoms with Crippen molar-refractivity contribution in [2.45, 2.75) is 52.0 Å². The fourth-order valence-electron chi connectivity index (χ4n) is 1.92. The molecule has 0 aliphatic heterocycles. The van der Waals surface area contributed by atoms with Crippen LogP contribution in [-0.2, 0) is 0 Å². The predicted molar refractivity (Wildman–Crippen MR) is 77.1 cm³/mol. The van der Waals surface area contributed by atoms with Crippen LogP contribution < -0.4 is 5.32 Å². The molecule has 0 radical (unpaired) electrons. The highest BCUT2D eigenvalue weighted by molar-refractivity contribution is 6.33. The Morgan fingerprint density at radius 2 is 2.11 bits per heavy atom. The van der Waals surface area contributed by atoms with Gasteiger partial charge >= 0.3 is 0 Å². The topological polar surface area (TPSA) is 29.1 Å². The van der Waals surface area contributed by atoms with Crippen LogP contribution in [0.4, 0.5) is 4.39 Å². The van der Waals surface area contributed by atoms with Crippen LogP contribution in [0.3, 0.4) is 0 Å². The van der Waals surface area contributed by atoms with Gasteiger partial charge in [-0.05, 0) is 31.5 Å². The van der Waals surface area contributed by atoms with Gasteiger partial charge in [0.1, 0.15) is 5.82 Å². The number of rotatable bonds is 7. The normalized spacial score (nSPS) is 12.2. The fourth-order valence-corrected chi connectivity index (χ4v) is 2.18. The zero-order valence-corrected chi connectivity index (χ0v) is 12.3. The summed E-state index contributed by atoms with van der Waals surface area (Å²) in [5, 5.41) is 3.04. The third-order valence-corrected chi connectivity index (χ3v) is 3.36. The molecule has 1 N–H and O–H groups in total. The number of amides is 1. The van der Waals surface area contributed by atoms with Crippen LogP contribution in [0.2, 0.25) is 5.02 Å². The quantitative estimate of drug-likeness (QED) is 0.731. The number of carbonyl (C=O) groups excluding carboxylic acids is 1. The number of benzene rings is 1. The Hall–Kier alpha value is -1.09. The maximum atomic E-state index is 12.9. The highest BCUT2D eigenvalue weighted by Crippen LogP contribution is 2.17. The van der Waals surface area contributed by atoms with Gasteiger partial charge in [0.15, 0.2) is 0 Å². The summed E-state index contributed by atoms with van der Waals surface area (Å²) in [5.74, 6) is -0.679. The molecular formula is C15H21ClFNO. The van der Waals surface area contributed by atoms with Gasteiger partial charge in [0.05, 0.1) is 10.6 Å². The fraction of sp³-hybridized carbons (Fsp3) is 0.533. The highest BCUT2D eigenvalue weighted by atomic mass is 35.5. The molecule has 1 unspecified atom stereocenters. The number of unbranched alkanes of at least 4 members (excludes halogenated alkanes) is 3. The summed E-state index contributed by atoms with van der Waals surface area (Å²) in [6.45, 7) is 4.14. The van der Waals surface area contributed by atoms with Gasteiger partial charge in [0.2, 0.25) is 0 Å². The van der Waals surface area contributed by atoms with E-state index in [0.717, 1.165) is 18.9 Å². The van der Waals surface area contributed by atoms with Crippen molar-refractivity contribution < 1.29 is 9.18 Å². The Bertz CT molecular complexity index is 423. The number of halogens is 2. The lowest BCUT2D eigenvalue weighted by Gasteiger charge is -2.14. The molecule has 1 atom stereocenters. The van der Waals surface area contributed by atoms with E-state index in [1.165, 1.54) is 31.4 Å². The van der Waals surface area contributed by atoms with Crippen molar-refractivity contribution in [1.29, 1.82) is 0 Å². The van der Waals surface area contributed by atoms with Gasteiger partial charge in [0, 0.05) is 6.04 Å². The van der Waals surface area contributed by atoms with Crippen LogP contribution in [0.5, 0.6) is 0 Å². The van der Waals surface area contributed by atoms with Crippen molar-refractivity contribution in [2.24, 2.45) is 0 Å². The Morgan fingerprint density at radius 1 is 1.37 bits per heavy atom. The third-order valence-electron chi connectivity index (χ3n) is 3.04. The molecule has 0 spiro atoms. The SMILES string of the molecule is CCCCCCC(C)NC(=O)c1ccc(F)cc1Cl. The maximum absolute atomic E-state index is 12.9. The Kier molecular flexibility index (Phi) is 6.85. The van der Waals surface area contributed by atoms with E-state index in [1.54, 1.807) is 0 Å². The van der Waals surface area contributed by atoms with Gasteiger partial charge in [0.25, 0.3) is 5.91 Å². The number of hydrogen-bond donors (Lipinski definition) is 1. The molecule has 0 aromatic heterocycles. The average molecular weight is 286 g/mol. The minimum absolute atomic E-state index is 0.102. The zero-order valence-electron chi connectivity index (χ0n) is 11.5. The Morgan fingerprint density at radius 3 is 2.74 bits per heavy atom. The largest absolute Gasteiger partial charge is 0.350 e. The molecule has 0 saturated heterocycles. The molecule has 106 valence electrons. The van der Waals surface area contributed by atoms with Crippen LogP contribution in [0.25, 0.3) is 0 Å². The average Bonchev–Trinajstić information content (AvgIpc) is 2.34. The monoisotopic (exact) mass is 285 g/mol. The molecule has 0 aliphatic rings. The molecule has 1 rings (SSSR count). The van der Waals surface area contributed by atoms with Crippen LogP contribution in [0.15, 0.2) is 18.2 Å². The van der Waals surface area contributed by atoms with E-state index in [2.05, 4.69) is 12.2 Å². The lowest BCUT2D eigenvalue weighted by Crippen LogP contribution is -2.32. The second-order valence-corrected chi connectivity index (χ2v) is 5.26. The van der Waals surface area contributed by atoms with Crippen molar-refractivity contribution in [3.05, 3.63) is 34.6 Å². The van der Waals surface area contributed by atoms with Crippen LogP contribution >= 0.6 is 11.6 Å². The molecule has 4 heteroatoms. The van der Waals surface area contributed by atoms with Gasteiger partial charge in [-0.25, -0.2) is 4.39 Å². The van der Waals surface area contributed by atoms with Gasteiger partial charge < -0.3 is 5.32 Å². The highest BCUT2D eigenvalue weighted by Gasteiger charge is 2.13. The molecule has 1 amide bonds. The Labute approximate surface area is 119 Å². The Balaban J connectivity index is 2.45. The first-order chi connectivity index (χ1) is 9.04. The van der Waals surface area contributed by atoms with E-state index in [0.29, 0.717) is 5.56 Å². The molecule has 0 saturated carbocycles. The minimum atomic E-state index is -0.436. The van der Waals surface area contributed by atoms with E-state index in [-0.39, 0.29) is 17.0 Å². The summed E-state index contributed by atoms with van der Waals surface area (Å²) in [7, 11) is 0. The molecule has 1 aromatic carbocycles. The summed E-state index contributed by atoms with van der Waals surface area (Å²) in [6, 6.07) is 3.91. The van der Waals surface area contributed by atoms with Crippen molar-refractivity contribution in [2.75, 3.05) is 0 Å². The summed E-state index contributed by atoms with van der Waals surface area (Å²) < 4.78 is 12.9. The van der Waals surface area contributed by atoms with Gasteiger partial charge in [-0.1, -0.05) is 44.2 Å². The van der Waals surface area contributed by atoms with Crippen molar-refractivity contribution in [3.8, 4) is 0 Å². The molecule has 19 heavy (non-hydrogen) atoms. The molecule has 1 aromatic rings.